The highest BCUT2D eigenvalue weighted by Crippen LogP contribution is 2.22. The van der Waals surface area contributed by atoms with Crippen molar-refractivity contribution < 1.29 is 9.21 Å². The number of aromatic nitrogens is 2. The van der Waals surface area contributed by atoms with Crippen molar-refractivity contribution in [2.24, 2.45) is 5.10 Å². The van der Waals surface area contributed by atoms with Crippen LogP contribution in [0, 0.1) is 0 Å². The van der Waals surface area contributed by atoms with E-state index in [1.165, 1.54) is 35.6 Å². The van der Waals surface area contributed by atoms with E-state index in [0.29, 0.717) is 15.2 Å². The Kier molecular flexibility index (Phi) is 4.31. The molecule has 3 N–H and O–H groups in total. The number of nitrogens with two attached hydrogens (primary N) is 1. The molecule has 0 saturated heterocycles. The Morgan fingerprint density at radius 3 is 3.22 bits per heavy atom. The molecule has 0 unspecified atom stereocenters. The number of nitrogens with one attached hydrogen (secondary N) is 1. The molecule has 0 spiro atoms. The molecule has 2 rings (SSSR count). The first-order valence-electron chi connectivity index (χ1n) is 4.81. The van der Waals surface area contributed by atoms with Crippen molar-refractivity contribution in [3.63, 3.8) is 0 Å². The SMILES string of the molecule is Nc1nnc(SCC(=O)N/N=C/c2ccco2)s1. The van der Waals surface area contributed by atoms with Crippen molar-refractivity contribution >= 4 is 40.4 Å². The number of furan rings is 1. The van der Waals surface area contributed by atoms with Gasteiger partial charge in [-0.3, -0.25) is 4.79 Å². The topological polar surface area (TPSA) is 106 Å². The van der Waals surface area contributed by atoms with Crippen LogP contribution in [0.1, 0.15) is 5.76 Å². The fourth-order valence-electron chi connectivity index (χ4n) is 0.971. The van der Waals surface area contributed by atoms with Crippen molar-refractivity contribution in [2.45, 2.75) is 4.34 Å². The van der Waals surface area contributed by atoms with Gasteiger partial charge in [0.15, 0.2) is 4.34 Å². The van der Waals surface area contributed by atoms with Crippen LogP contribution >= 0.6 is 23.1 Å². The minimum atomic E-state index is -0.239. The minimum absolute atomic E-state index is 0.199. The Labute approximate surface area is 110 Å². The largest absolute Gasteiger partial charge is 0.463 e. The summed E-state index contributed by atoms with van der Waals surface area (Å²) in [5, 5.41) is 11.5. The van der Waals surface area contributed by atoms with E-state index in [1.807, 2.05) is 0 Å². The standard InChI is InChI=1S/C9H9N5O2S2/c10-8-13-14-9(18-8)17-5-7(15)12-11-4-6-2-1-3-16-6/h1-4H,5H2,(H2,10,13)(H,12,15)/b11-4+. The Morgan fingerprint density at radius 1 is 1.67 bits per heavy atom. The summed E-state index contributed by atoms with van der Waals surface area (Å²) < 4.78 is 5.66. The number of hydrogen-bond acceptors (Lipinski definition) is 8. The second kappa shape index (κ2) is 6.17. The van der Waals surface area contributed by atoms with Crippen LogP contribution in [0.3, 0.4) is 0 Å². The number of rotatable bonds is 5. The Hall–Kier alpha value is -1.87. The van der Waals surface area contributed by atoms with Crippen LogP contribution in [0.5, 0.6) is 0 Å². The molecule has 94 valence electrons. The summed E-state index contributed by atoms with van der Waals surface area (Å²) >= 11 is 2.49. The molecule has 2 aromatic heterocycles. The van der Waals surface area contributed by atoms with E-state index in [0.717, 1.165) is 0 Å². The molecule has 18 heavy (non-hydrogen) atoms. The number of hydrazone groups is 1. The maximum atomic E-state index is 11.4. The smallest absolute Gasteiger partial charge is 0.250 e. The molecule has 0 fully saturated rings. The zero-order chi connectivity index (χ0) is 12.8. The molecule has 0 aromatic carbocycles. The average Bonchev–Trinajstić information content (AvgIpc) is 2.98. The zero-order valence-electron chi connectivity index (χ0n) is 9.07. The van der Waals surface area contributed by atoms with E-state index >= 15 is 0 Å². The summed E-state index contributed by atoms with van der Waals surface area (Å²) in [4.78, 5) is 11.4. The molecule has 7 nitrogen and oxygen atoms in total. The molecule has 0 saturated carbocycles. The van der Waals surface area contributed by atoms with Gasteiger partial charge in [-0.05, 0) is 12.1 Å². The maximum absolute atomic E-state index is 11.4. The Morgan fingerprint density at radius 2 is 2.56 bits per heavy atom. The van der Waals surface area contributed by atoms with Crippen molar-refractivity contribution in [3.05, 3.63) is 24.2 Å². The molecular weight excluding hydrogens is 274 g/mol. The molecule has 0 aliphatic carbocycles. The van der Waals surface area contributed by atoms with Crippen molar-refractivity contribution in [1.29, 1.82) is 0 Å². The number of hydrogen-bond donors (Lipinski definition) is 2. The molecule has 2 heterocycles. The van der Waals surface area contributed by atoms with Crippen LogP contribution in [-0.4, -0.2) is 28.1 Å². The third-order valence-electron chi connectivity index (χ3n) is 1.67. The molecule has 0 atom stereocenters. The number of carbonyl (C=O) groups is 1. The van der Waals surface area contributed by atoms with E-state index in [1.54, 1.807) is 12.1 Å². The van der Waals surface area contributed by atoms with Crippen LogP contribution < -0.4 is 11.2 Å². The van der Waals surface area contributed by atoms with E-state index in [2.05, 4.69) is 20.7 Å². The lowest BCUT2D eigenvalue weighted by atomic mass is 10.5. The third-order valence-corrected chi connectivity index (χ3v) is 3.56. The van der Waals surface area contributed by atoms with Gasteiger partial charge in [-0.2, -0.15) is 5.10 Å². The van der Waals surface area contributed by atoms with Crippen LogP contribution in [0.25, 0.3) is 0 Å². The fraction of sp³-hybridized carbons (Fsp3) is 0.111. The van der Waals surface area contributed by atoms with Crippen molar-refractivity contribution in [3.8, 4) is 0 Å². The van der Waals surface area contributed by atoms with Gasteiger partial charge in [-0.1, -0.05) is 23.1 Å². The van der Waals surface area contributed by atoms with Gasteiger partial charge in [-0.15, -0.1) is 10.2 Å². The number of nitrogen functional groups attached to an aromatic ring is 1. The molecule has 1 amide bonds. The molecule has 0 bridgehead atoms. The lowest BCUT2D eigenvalue weighted by Crippen LogP contribution is -2.19. The van der Waals surface area contributed by atoms with Gasteiger partial charge in [0, 0.05) is 0 Å². The molecule has 0 aliphatic rings. The van der Waals surface area contributed by atoms with Crippen molar-refractivity contribution in [1.82, 2.24) is 15.6 Å². The fourth-order valence-corrected chi connectivity index (χ4v) is 2.40. The van der Waals surface area contributed by atoms with Gasteiger partial charge >= 0.3 is 0 Å². The molecule has 0 aliphatic heterocycles. The van der Waals surface area contributed by atoms with Crippen molar-refractivity contribution in [2.75, 3.05) is 11.5 Å². The van der Waals surface area contributed by atoms with Gasteiger partial charge in [0.05, 0.1) is 18.2 Å². The number of carbonyl (C=O) groups excluding carboxylic acids is 1. The predicted molar refractivity (Wildman–Crippen MR) is 69.5 cm³/mol. The monoisotopic (exact) mass is 283 g/mol. The van der Waals surface area contributed by atoms with Crippen LogP contribution in [0.15, 0.2) is 32.3 Å². The first-order chi connectivity index (χ1) is 8.74. The number of nitrogens with zero attached hydrogens (tertiary/aromatic N) is 3. The Balaban J connectivity index is 1.72. The minimum Gasteiger partial charge on any atom is -0.463 e. The van der Waals surface area contributed by atoms with Gasteiger partial charge in [0.25, 0.3) is 5.91 Å². The molecular formula is C9H9N5O2S2. The molecule has 9 heteroatoms. The van der Waals surface area contributed by atoms with E-state index in [9.17, 15) is 4.79 Å². The number of thioether (sulfide) groups is 1. The van der Waals surface area contributed by atoms with Gasteiger partial charge in [0.2, 0.25) is 5.13 Å². The molecule has 0 radical (unpaired) electrons. The predicted octanol–water partition coefficient (Wildman–Crippen LogP) is 0.956. The Bertz CT molecular complexity index is 537. The highest BCUT2D eigenvalue weighted by atomic mass is 32.2. The molecule has 2 aromatic rings. The lowest BCUT2D eigenvalue weighted by Gasteiger charge is -1.96. The zero-order valence-corrected chi connectivity index (χ0v) is 10.7. The normalized spacial score (nSPS) is 10.9. The second-order valence-electron chi connectivity index (χ2n) is 3.00. The maximum Gasteiger partial charge on any atom is 0.250 e. The second-order valence-corrected chi connectivity index (χ2v) is 5.24. The summed E-state index contributed by atoms with van der Waals surface area (Å²) in [5.41, 5.74) is 7.79. The number of anilines is 1. The lowest BCUT2D eigenvalue weighted by molar-refractivity contribution is -0.118. The quantitative estimate of drug-likeness (QED) is 0.481. The summed E-state index contributed by atoms with van der Waals surface area (Å²) in [7, 11) is 0. The average molecular weight is 283 g/mol. The summed E-state index contributed by atoms with van der Waals surface area (Å²) in [6.07, 6.45) is 2.95. The third kappa shape index (κ3) is 3.86. The summed E-state index contributed by atoms with van der Waals surface area (Å²) in [6, 6.07) is 3.47. The van der Waals surface area contributed by atoms with E-state index < -0.39 is 0 Å². The summed E-state index contributed by atoms with van der Waals surface area (Å²) in [6.45, 7) is 0. The number of amides is 1. The van der Waals surface area contributed by atoms with Gasteiger partial charge < -0.3 is 10.2 Å². The van der Waals surface area contributed by atoms with Crippen LogP contribution in [-0.2, 0) is 4.79 Å². The first kappa shape index (κ1) is 12.6. The van der Waals surface area contributed by atoms with Crippen LogP contribution in [0.2, 0.25) is 0 Å². The van der Waals surface area contributed by atoms with Crippen LogP contribution in [0.4, 0.5) is 5.13 Å². The first-order valence-corrected chi connectivity index (χ1v) is 6.61. The van der Waals surface area contributed by atoms with Gasteiger partial charge in [-0.25, -0.2) is 5.43 Å². The highest BCUT2D eigenvalue weighted by molar-refractivity contribution is 8.01. The van der Waals surface area contributed by atoms with E-state index in [4.69, 9.17) is 10.2 Å². The summed E-state index contributed by atoms with van der Waals surface area (Å²) in [5.74, 6) is 0.529. The van der Waals surface area contributed by atoms with Gasteiger partial charge in [0.1, 0.15) is 5.76 Å². The highest BCUT2D eigenvalue weighted by Gasteiger charge is 2.05. The van der Waals surface area contributed by atoms with E-state index in [-0.39, 0.29) is 11.7 Å².